The largest absolute Gasteiger partial charge is 0.460 e. The predicted molar refractivity (Wildman–Crippen MR) is 70.3 cm³/mol. The number of likely N-dealkylation sites (tertiary alicyclic amines) is 2. The van der Waals surface area contributed by atoms with E-state index in [1.807, 2.05) is 0 Å². The first kappa shape index (κ1) is 13.8. The molecule has 5 nitrogen and oxygen atoms in total. The van der Waals surface area contributed by atoms with Gasteiger partial charge in [0.15, 0.2) is 0 Å². The minimum atomic E-state index is -0.168. The molecule has 18 heavy (non-hydrogen) atoms. The fraction of sp³-hybridized carbons (Fsp3) is 0.923. The van der Waals surface area contributed by atoms with Gasteiger partial charge in [0.1, 0.15) is 6.10 Å². The third kappa shape index (κ3) is 3.93. The Morgan fingerprint density at radius 1 is 1.33 bits per heavy atom. The van der Waals surface area contributed by atoms with E-state index in [9.17, 15) is 4.79 Å². The topological polar surface area (TPSA) is 44.8 Å². The van der Waals surface area contributed by atoms with Gasteiger partial charge in [0.05, 0.1) is 0 Å². The number of ether oxygens (including phenoxy) is 1. The molecule has 2 heterocycles. The molecule has 1 atom stereocenters. The molecular formula is C13H25N3O2. The molecular weight excluding hydrogens is 230 g/mol. The zero-order valence-electron chi connectivity index (χ0n) is 11.5. The summed E-state index contributed by atoms with van der Waals surface area (Å²) in [7, 11) is 0. The van der Waals surface area contributed by atoms with Crippen LogP contribution in [0.1, 0.15) is 26.7 Å². The van der Waals surface area contributed by atoms with Crippen LogP contribution in [0.15, 0.2) is 0 Å². The fourth-order valence-electron chi connectivity index (χ4n) is 2.73. The Labute approximate surface area is 109 Å². The number of carbonyl (C=O) groups is 1. The van der Waals surface area contributed by atoms with Gasteiger partial charge >= 0.3 is 5.97 Å². The van der Waals surface area contributed by atoms with Gasteiger partial charge in [-0.25, -0.2) is 0 Å². The Balaban J connectivity index is 1.57. The van der Waals surface area contributed by atoms with Crippen molar-refractivity contribution in [2.24, 2.45) is 0 Å². The molecule has 2 aliphatic rings. The number of hydrogen-bond acceptors (Lipinski definition) is 5. The lowest BCUT2D eigenvalue weighted by Crippen LogP contribution is -2.57. The summed E-state index contributed by atoms with van der Waals surface area (Å²) in [6.07, 6.45) is 2.68. The molecule has 0 aliphatic carbocycles. The van der Waals surface area contributed by atoms with Crippen molar-refractivity contribution in [3.8, 4) is 0 Å². The Morgan fingerprint density at radius 2 is 2.11 bits per heavy atom. The second-order valence-electron chi connectivity index (χ2n) is 5.36. The van der Waals surface area contributed by atoms with E-state index in [1.54, 1.807) is 0 Å². The van der Waals surface area contributed by atoms with Crippen LogP contribution in [0.2, 0.25) is 0 Å². The van der Waals surface area contributed by atoms with E-state index in [0.717, 1.165) is 32.8 Å². The number of rotatable bonds is 5. The summed E-state index contributed by atoms with van der Waals surface area (Å²) < 4.78 is 5.13. The van der Waals surface area contributed by atoms with Gasteiger partial charge in [0, 0.05) is 39.3 Å². The minimum Gasteiger partial charge on any atom is -0.460 e. The lowest BCUT2D eigenvalue weighted by Gasteiger charge is -2.40. The van der Waals surface area contributed by atoms with Crippen LogP contribution in [0.3, 0.4) is 0 Å². The number of likely N-dealkylation sites (N-methyl/N-ethyl adjacent to an activating group) is 1. The molecule has 0 bridgehead atoms. The fourth-order valence-corrected chi connectivity index (χ4v) is 2.73. The van der Waals surface area contributed by atoms with E-state index in [2.05, 4.69) is 22.0 Å². The van der Waals surface area contributed by atoms with E-state index >= 15 is 0 Å². The van der Waals surface area contributed by atoms with Gasteiger partial charge in [-0.1, -0.05) is 6.92 Å². The second-order valence-corrected chi connectivity index (χ2v) is 5.36. The second kappa shape index (κ2) is 6.50. The lowest BCUT2D eigenvalue weighted by molar-refractivity contribution is -0.155. The predicted octanol–water partition coefficient (Wildman–Crippen LogP) is 0.265. The van der Waals surface area contributed by atoms with Gasteiger partial charge < -0.3 is 15.0 Å². The molecule has 0 aromatic heterocycles. The summed E-state index contributed by atoms with van der Waals surface area (Å²) in [5.41, 5.74) is 0. The number of carbonyl (C=O) groups excluding carboxylic acids is 1. The molecule has 0 aromatic carbocycles. The highest BCUT2D eigenvalue weighted by Gasteiger charge is 2.29. The van der Waals surface area contributed by atoms with Crippen molar-refractivity contribution in [2.75, 3.05) is 39.4 Å². The monoisotopic (exact) mass is 255 g/mol. The SMILES string of the molecule is CCN1CCCC(NCN2CC(OC(C)=O)C2)C1. The molecule has 104 valence electrons. The molecule has 0 amide bonds. The Hall–Kier alpha value is -0.650. The molecule has 2 saturated heterocycles. The van der Waals surface area contributed by atoms with Gasteiger partial charge in [-0.2, -0.15) is 0 Å². The molecule has 0 radical (unpaired) electrons. The molecule has 5 heteroatoms. The van der Waals surface area contributed by atoms with Gasteiger partial charge in [-0.05, 0) is 25.9 Å². The maximum atomic E-state index is 10.8. The highest BCUT2D eigenvalue weighted by atomic mass is 16.5. The zero-order valence-corrected chi connectivity index (χ0v) is 11.5. The quantitative estimate of drug-likeness (QED) is 0.714. The van der Waals surface area contributed by atoms with Crippen molar-refractivity contribution in [3.05, 3.63) is 0 Å². The molecule has 0 spiro atoms. The number of nitrogens with one attached hydrogen (secondary N) is 1. The Morgan fingerprint density at radius 3 is 2.78 bits per heavy atom. The number of hydrogen-bond donors (Lipinski definition) is 1. The molecule has 2 aliphatic heterocycles. The van der Waals surface area contributed by atoms with Crippen LogP contribution in [-0.2, 0) is 9.53 Å². The van der Waals surface area contributed by atoms with Crippen molar-refractivity contribution >= 4 is 5.97 Å². The molecule has 0 saturated carbocycles. The van der Waals surface area contributed by atoms with E-state index < -0.39 is 0 Å². The number of esters is 1. The van der Waals surface area contributed by atoms with Crippen molar-refractivity contribution in [2.45, 2.75) is 38.8 Å². The van der Waals surface area contributed by atoms with E-state index in [1.165, 1.54) is 26.3 Å². The Bertz CT molecular complexity index is 279. The van der Waals surface area contributed by atoms with Crippen LogP contribution >= 0.6 is 0 Å². The third-order valence-electron chi connectivity index (χ3n) is 3.81. The van der Waals surface area contributed by atoms with Gasteiger partial charge in [-0.15, -0.1) is 0 Å². The van der Waals surface area contributed by atoms with Crippen molar-refractivity contribution in [1.82, 2.24) is 15.1 Å². The highest BCUT2D eigenvalue weighted by Crippen LogP contribution is 2.13. The summed E-state index contributed by atoms with van der Waals surface area (Å²) in [4.78, 5) is 15.6. The maximum Gasteiger partial charge on any atom is 0.302 e. The average molecular weight is 255 g/mol. The van der Waals surface area contributed by atoms with E-state index in [0.29, 0.717) is 6.04 Å². The Kier molecular flexibility index (Phi) is 4.97. The molecule has 2 fully saturated rings. The smallest absolute Gasteiger partial charge is 0.302 e. The van der Waals surface area contributed by atoms with Crippen LogP contribution < -0.4 is 5.32 Å². The van der Waals surface area contributed by atoms with Crippen molar-refractivity contribution < 1.29 is 9.53 Å². The number of nitrogens with zero attached hydrogens (tertiary/aromatic N) is 2. The van der Waals surface area contributed by atoms with Gasteiger partial charge in [-0.3, -0.25) is 9.69 Å². The van der Waals surface area contributed by atoms with Crippen LogP contribution in [0.25, 0.3) is 0 Å². The maximum absolute atomic E-state index is 10.8. The van der Waals surface area contributed by atoms with Crippen LogP contribution in [0.4, 0.5) is 0 Å². The van der Waals surface area contributed by atoms with E-state index in [4.69, 9.17) is 4.74 Å². The van der Waals surface area contributed by atoms with Gasteiger partial charge in [0.2, 0.25) is 0 Å². The summed E-state index contributed by atoms with van der Waals surface area (Å²) in [5, 5.41) is 3.61. The number of piperidine rings is 1. The first-order valence-corrected chi connectivity index (χ1v) is 7.02. The normalized spacial score (nSPS) is 26.9. The van der Waals surface area contributed by atoms with Gasteiger partial charge in [0.25, 0.3) is 0 Å². The third-order valence-corrected chi connectivity index (χ3v) is 3.81. The minimum absolute atomic E-state index is 0.114. The molecule has 0 aromatic rings. The lowest BCUT2D eigenvalue weighted by atomic mass is 10.1. The van der Waals surface area contributed by atoms with E-state index in [-0.39, 0.29) is 12.1 Å². The molecule has 1 unspecified atom stereocenters. The standard InChI is InChI=1S/C13H25N3O2/c1-3-15-6-4-5-12(7-15)14-10-16-8-13(9-16)18-11(2)17/h12-14H,3-10H2,1-2H3. The van der Waals surface area contributed by atoms with Crippen LogP contribution in [0, 0.1) is 0 Å². The average Bonchev–Trinajstić information content (AvgIpc) is 2.31. The van der Waals surface area contributed by atoms with Crippen LogP contribution in [0.5, 0.6) is 0 Å². The molecule has 1 N–H and O–H groups in total. The molecule has 2 rings (SSSR count). The summed E-state index contributed by atoms with van der Waals surface area (Å²) in [6.45, 7) is 9.92. The summed E-state index contributed by atoms with van der Waals surface area (Å²) >= 11 is 0. The first-order valence-electron chi connectivity index (χ1n) is 7.02. The van der Waals surface area contributed by atoms with Crippen molar-refractivity contribution in [3.63, 3.8) is 0 Å². The first-order chi connectivity index (χ1) is 8.67. The summed E-state index contributed by atoms with van der Waals surface area (Å²) in [6, 6.07) is 0.617. The summed E-state index contributed by atoms with van der Waals surface area (Å²) in [5.74, 6) is -0.168. The zero-order chi connectivity index (χ0) is 13.0. The highest BCUT2D eigenvalue weighted by molar-refractivity contribution is 5.66. The van der Waals surface area contributed by atoms with Crippen LogP contribution in [-0.4, -0.2) is 67.3 Å². The van der Waals surface area contributed by atoms with Crippen molar-refractivity contribution in [1.29, 1.82) is 0 Å².